The van der Waals surface area contributed by atoms with Crippen LogP contribution in [-0.4, -0.2) is 9.97 Å². The van der Waals surface area contributed by atoms with Gasteiger partial charge in [-0.25, -0.2) is 9.97 Å². The number of benzene rings is 1. The van der Waals surface area contributed by atoms with Gasteiger partial charge in [-0.3, -0.25) is 0 Å². The maximum atomic E-state index is 5.84. The molecule has 0 amide bonds. The monoisotopic (exact) mass is 257 g/mol. The maximum Gasteiger partial charge on any atom is 0.231 e. The van der Waals surface area contributed by atoms with E-state index in [4.69, 9.17) is 10.5 Å². The highest BCUT2D eigenvalue weighted by Gasteiger charge is 2.08. The first kappa shape index (κ1) is 11.0. The molecule has 0 saturated carbocycles. The van der Waals surface area contributed by atoms with Crippen molar-refractivity contribution in [1.82, 2.24) is 9.97 Å². The Bertz CT molecular complexity index is 708. The van der Waals surface area contributed by atoms with Gasteiger partial charge in [0, 0.05) is 5.69 Å². The second-order valence-electron chi connectivity index (χ2n) is 3.95. The molecule has 3 rings (SSSR count). The molecule has 2 N–H and O–H groups in total. The van der Waals surface area contributed by atoms with Crippen LogP contribution in [0.15, 0.2) is 36.0 Å². The summed E-state index contributed by atoms with van der Waals surface area (Å²) in [5.41, 5.74) is 7.42. The van der Waals surface area contributed by atoms with Crippen molar-refractivity contribution in [3.8, 4) is 11.6 Å². The minimum atomic E-state index is 0.578. The Morgan fingerprint density at radius 1 is 1.22 bits per heavy atom. The fraction of sp³-hybridized carbons (Fsp3) is 0.0769. The van der Waals surface area contributed by atoms with Gasteiger partial charge in [0.25, 0.3) is 0 Å². The lowest BCUT2D eigenvalue weighted by atomic mass is 10.2. The fourth-order valence-electron chi connectivity index (χ4n) is 1.74. The van der Waals surface area contributed by atoms with Crippen LogP contribution in [0.5, 0.6) is 11.6 Å². The van der Waals surface area contributed by atoms with Crippen LogP contribution in [0.25, 0.3) is 10.2 Å². The van der Waals surface area contributed by atoms with Crippen molar-refractivity contribution in [2.45, 2.75) is 6.92 Å². The van der Waals surface area contributed by atoms with E-state index < -0.39 is 0 Å². The topological polar surface area (TPSA) is 61.0 Å². The molecular weight excluding hydrogens is 246 g/mol. The average Bonchev–Trinajstić information content (AvgIpc) is 2.82. The van der Waals surface area contributed by atoms with Crippen LogP contribution < -0.4 is 10.5 Å². The number of anilines is 1. The van der Waals surface area contributed by atoms with Crippen LogP contribution >= 0.6 is 11.3 Å². The first-order valence-electron chi connectivity index (χ1n) is 5.46. The largest absolute Gasteiger partial charge is 0.438 e. The third kappa shape index (κ3) is 1.89. The first-order chi connectivity index (χ1) is 8.74. The van der Waals surface area contributed by atoms with Crippen molar-refractivity contribution in [2.24, 2.45) is 0 Å². The van der Waals surface area contributed by atoms with Gasteiger partial charge in [-0.15, -0.1) is 11.3 Å². The Hall–Kier alpha value is -2.14. The molecule has 0 spiro atoms. The fourth-order valence-corrected chi connectivity index (χ4v) is 2.46. The van der Waals surface area contributed by atoms with E-state index in [2.05, 4.69) is 9.97 Å². The van der Waals surface area contributed by atoms with E-state index in [-0.39, 0.29) is 0 Å². The van der Waals surface area contributed by atoms with Crippen LogP contribution in [0, 0.1) is 6.92 Å². The summed E-state index contributed by atoms with van der Waals surface area (Å²) in [7, 11) is 0. The normalized spacial score (nSPS) is 10.7. The lowest BCUT2D eigenvalue weighted by molar-refractivity contribution is 0.465. The molecule has 0 bridgehead atoms. The van der Waals surface area contributed by atoms with Crippen LogP contribution in [0.4, 0.5) is 5.69 Å². The summed E-state index contributed by atoms with van der Waals surface area (Å²) in [5.74, 6) is 1.34. The highest BCUT2D eigenvalue weighted by atomic mass is 32.1. The van der Waals surface area contributed by atoms with E-state index in [0.717, 1.165) is 27.2 Å². The molecule has 0 radical (unpaired) electrons. The van der Waals surface area contributed by atoms with Gasteiger partial charge in [0.15, 0.2) is 0 Å². The highest BCUT2D eigenvalue weighted by molar-refractivity contribution is 7.16. The summed E-state index contributed by atoms with van der Waals surface area (Å²) in [6.07, 6.45) is 1.51. The Balaban J connectivity index is 2.03. The predicted molar refractivity (Wildman–Crippen MR) is 73.1 cm³/mol. The summed E-state index contributed by atoms with van der Waals surface area (Å²) in [6, 6.07) is 7.50. The molecule has 2 heterocycles. The number of thiophene rings is 1. The molecule has 4 nitrogen and oxygen atoms in total. The molecule has 0 atom stereocenters. The summed E-state index contributed by atoms with van der Waals surface area (Å²) in [6.45, 7) is 1.96. The molecule has 1 aromatic carbocycles. The molecule has 2 aromatic heterocycles. The molecule has 0 aliphatic heterocycles. The van der Waals surface area contributed by atoms with Crippen molar-refractivity contribution in [1.29, 1.82) is 0 Å². The molecule has 18 heavy (non-hydrogen) atoms. The Kier molecular flexibility index (Phi) is 2.60. The van der Waals surface area contributed by atoms with Gasteiger partial charge >= 0.3 is 0 Å². The van der Waals surface area contributed by atoms with Crippen LogP contribution in [-0.2, 0) is 0 Å². The third-order valence-electron chi connectivity index (χ3n) is 2.63. The van der Waals surface area contributed by atoms with E-state index in [0.29, 0.717) is 5.88 Å². The summed E-state index contributed by atoms with van der Waals surface area (Å²) in [4.78, 5) is 9.29. The van der Waals surface area contributed by atoms with E-state index in [1.165, 1.54) is 6.33 Å². The van der Waals surface area contributed by atoms with Crippen molar-refractivity contribution < 1.29 is 4.74 Å². The number of ether oxygens (including phenoxy) is 1. The SMILES string of the molecule is Cc1cc(N)ccc1Oc1ncnc2sccc12. The molecule has 0 saturated heterocycles. The number of hydrogen-bond acceptors (Lipinski definition) is 5. The second-order valence-corrected chi connectivity index (χ2v) is 4.84. The number of aromatic nitrogens is 2. The molecule has 0 unspecified atom stereocenters. The maximum absolute atomic E-state index is 5.84. The van der Waals surface area contributed by atoms with Gasteiger partial charge in [0.05, 0.1) is 5.39 Å². The molecule has 0 aliphatic rings. The number of rotatable bonds is 2. The number of nitrogen functional groups attached to an aromatic ring is 1. The lowest BCUT2D eigenvalue weighted by Gasteiger charge is -2.08. The van der Waals surface area contributed by atoms with Gasteiger partial charge in [-0.2, -0.15) is 0 Å². The minimum Gasteiger partial charge on any atom is -0.438 e. The molecule has 5 heteroatoms. The quantitative estimate of drug-likeness (QED) is 0.715. The van der Waals surface area contributed by atoms with Crippen LogP contribution in [0.2, 0.25) is 0 Å². The molecule has 0 aliphatic carbocycles. The first-order valence-corrected chi connectivity index (χ1v) is 6.34. The van der Waals surface area contributed by atoms with Crippen LogP contribution in [0.1, 0.15) is 5.56 Å². The van der Waals surface area contributed by atoms with Crippen molar-refractivity contribution >= 4 is 27.2 Å². The Morgan fingerprint density at radius 3 is 2.94 bits per heavy atom. The summed E-state index contributed by atoms with van der Waals surface area (Å²) < 4.78 is 5.84. The van der Waals surface area contributed by atoms with Gasteiger partial charge in [-0.1, -0.05) is 0 Å². The van der Waals surface area contributed by atoms with Gasteiger partial charge in [0.1, 0.15) is 16.9 Å². The zero-order chi connectivity index (χ0) is 12.5. The van der Waals surface area contributed by atoms with Crippen molar-refractivity contribution in [3.05, 3.63) is 41.5 Å². The zero-order valence-corrected chi connectivity index (χ0v) is 10.6. The van der Waals surface area contributed by atoms with Crippen molar-refractivity contribution in [2.75, 3.05) is 5.73 Å². The highest BCUT2D eigenvalue weighted by Crippen LogP contribution is 2.31. The number of aryl methyl sites for hydroxylation is 1. The van der Waals surface area contributed by atoms with Crippen LogP contribution in [0.3, 0.4) is 0 Å². The predicted octanol–water partition coefficient (Wildman–Crippen LogP) is 3.37. The molecule has 90 valence electrons. The van der Waals surface area contributed by atoms with E-state index >= 15 is 0 Å². The van der Waals surface area contributed by atoms with Gasteiger partial charge in [-0.05, 0) is 42.1 Å². The smallest absolute Gasteiger partial charge is 0.231 e. The standard InChI is InChI=1S/C13H11N3OS/c1-8-6-9(14)2-3-11(8)17-12-10-4-5-18-13(10)16-7-15-12/h2-7H,14H2,1H3. The number of hydrogen-bond donors (Lipinski definition) is 1. The lowest BCUT2D eigenvalue weighted by Crippen LogP contribution is -1.93. The van der Waals surface area contributed by atoms with Gasteiger partial charge < -0.3 is 10.5 Å². The van der Waals surface area contributed by atoms with Gasteiger partial charge in [0.2, 0.25) is 5.88 Å². The zero-order valence-electron chi connectivity index (χ0n) is 9.75. The molecule has 3 aromatic rings. The Labute approximate surface area is 108 Å². The Morgan fingerprint density at radius 2 is 2.11 bits per heavy atom. The molecular formula is C13H11N3OS. The van der Waals surface area contributed by atoms with E-state index in [1.54, 1.807) is 11.3 Å². The average molecular weight is 257 g/mol. The van der Waals surface area contributed by atoms with E-state index in [9.17, 15) is 0 Å². The number of nitrogens with zero attached hydrogens (tertiary/aromatic N) is 2. The molecule has 0 fully saturated rings. The van der Waals surface area contributed by atoms with Crippen molar-refractivity contribution in [3.63, 3.8) is 0 Å². The third-order valence-corrected chi connectivity index (χ3v) is 3.45. The number of nitrogens with two attached hydrogens (primary N) is 1. The summed E-state index contributed by atoms with van der Waals surface area (Å²) >= 11 is 1.57. The van der Waals surface area contributed by atoms with E-state index in [1.807, 2.05) is 36.6 Å². The number of fused-ring (bicyclic) bond motifs is 1. The summed E-state index contributed by atoms with van der Waals surface area (Å²) in [5, 5.41) is 2.90. The second kappa shape index (κ2) is 4.27. The minimum absolute atomic E-state index is 0.578.